The Hall–Kier alpha value is -2.57. The summed E-state index contributed by atoms with van der Waals surface area (Å²) in [7, 11) is 0. The number of aliphatic hydroxyl groups excluding tert-OH is 1. The summed E-state index contributed by atoms with van der Waals surface area (Å²) in [6, 6.07) is 10.3. The molecule has 138 valence electrons. The van der Waals surface area contributed by atoms with Gasteiger partial charge >= 0.3 is 0 Å². The van der Waals surface area contributed by atoms with Crippen molar-refractivity contribution in [3.05, 3.63) is 36.4 Å². The van der Waals surface area contributed by atoms with Crippen LogP contribution in [0, 0.1) is 0 Å². The van der Waals surface area contributed by atoms with Crippen LogP contribution in [0.5, 0.6) is 11.5 Å². The van der Waals surface area contributed by atoms with E-state index < -0.39 is 0 Å². The van der Waals surface area contributed by atoms with Crippen molar-refractivity contribution in [2.75, 3.05) is 32.0 Å². The van der Waals surface area contributed by atoms with Crippen molar-refractivity contribution in [1.82, 2.24) is 9.88 Å². The van der Waals surface area contributed by atoms with E-state index in [0.717, 1.165) is 17.4 Å². The molecule has 5 N–H and O–H groups in total. The minimum Gasteiger partial charge on any atom is -0.504 e. The van der Waals surface area contributed by atoms with Crippen LogP contribution in [0.2, 0.25) is 0 Å². The first-order valence-electron chi connectivity index (χ1n) is 8.93. The number of likely N-dealkylation sites (tertiary alicyclic amines) is 1. The van der Waals surface area contributed by atoms with Crippen LogP contribution in [0.15, 0.2) is 36.4 Å². The SMILES string of the molecule is Nc1c2ccccc2nc2cc(O)c(O)cc12.OCCN1CCCCC1. The number of fused-ring (bicyclic) bond motifs is 2. The maximum Gasteiger partial charge on any atom is 0.159 e. The number of nitrogen functional groups attached to an aromatic ring is 1. The molecule has 0 radical (unpaired) electrons. The zero-order chi connectivity index (χ0) is 18.5. The number of pyridine rings is 1. The molecule has 6 nitrogen and oxygen atoms in total. The average Bonchev–Trinajstić information content (AvgIpc) is 2.66. The van der Waals surface area contributed by atoms with E-state index in [2.05, 4.69) is 9.88 Å². The fourth-order valence-electron chi connectivity index (χ4n) is 3.27. The molecule has 0 atom stereocenters. The Labute approximate surface area is 152 Å². The molecule has 0 aliphatic carbocycles. The number of nitrogens with two attached hydrogens (primary N) is 1. The number of phenols is 2. The van der Waals surface area contributed by atoms with Crippen LogP contribution in [-0.4, -0.2) is 51.4 Å². The Morgan fingerprint density at radius 1 is 0.923 bits per heavy atom. The van der Waals surface area contributed by atoms with Gasteiger partial charge in [-0.25, -0.2) is 4.98 Å². The fourth-order valence-corrected chi connectivity index (χ4v) is 3.27. The highest BCUT2D eigenvalue weighted by atomic mass is 16.3. The third-order valence-corrected chi connectivity index (χ3v) is 4.68. The lowest BCUT2D eigenvalue weighted by molar-refractivity contribution is 0.173. The number of aliphatic hydroxyl groups is 1. The zero-order valence-corrected chi connectivity index (χ0v) is 14.7. The Balaban J connectivity index is 0.000000185. The van der Waals surface area contributed by atoms with Gasteiger partial charge in [-0.1, -0.05) is 24.6 Å². The van der Waals surface area contributed by atoms with Crippen molar-refractivity contribution in [3.63, 3.8) is 0 Å². The topological polar surface area (TPSA) is 103 Å². The van der Waals surface area contributed by atoms with E-state index in [1.165, 1.54) is 44.5 Å². The van der Waals surface area contributed by atoms with Gasteiger partial charge < -0.3 is 26.0 Å². The molecule has 3 aromatic rings. The van der Waals surface area contributed by atoms with Crippen molar-refractivity contribution in [3.8, 4) is 11.5 Å². The monoisotopic (exact) mass is 355 g/mol. The maximum absolute atomic E-state index is 9.48. The number of piperidine rings is 1. The van der Waals surface area contributed by atoms with Gasteiger partial charge in [0.1, 0.15) is 0 Å². The summed E-state index contributed by atoms with van der Waals surface area (Å²) in [5, 5.41) is 29.0. The molecular formula is C20H25N3O3. The molecule has 4 rings (SSSR count). The highest BCUT2D eigenvalue weighted by molar-refractivity contribution is 6.07. The summed E-state index contributed by atoms with van der Waals surface area (Å²) in [6.45, 7) is 3.58. The number of para-hydroxylation sites is 1. The van der Waals surface area contributed by atoms with Gasteiger partial charge in [0.25, 0.3) is 0 Å². The van der Waals surface area contributed by atoms with Gasteiger partial charge in [-0.05, 0) is 38.1 Å². The van der Waals surface area contributed by atoms with Gasteiger partial charge in [-0.15, -0.1) is 0 Å². The number of aromatic nitrogens is 1. The zero-order valence-electron chi connectivity index (χ0n) is 14.7. The molecule has 0 spiro atoms. The van der Waals surface area contributed by atoms with Gasteiger partial charge in [0.05, 0.1) is 23.3 Å². The summed E-state index contributed by atoms with van der Waals surface area (Å²) in [6.07, 6.45) is 4.02. The number of phenolic OH excluding ortho intramolecular Hbond substituents is 2. The van der Waals surface area contributed by atoms with Gasteiger partial charge in [-0.3, -0.25) is 0 Å². The lowest BCUT2D eigenvalue weighted by atomic mass is 10.1. The van der Waals surface area contributed by atoms with Crippen molar-refractivity contribution < 1.29 is 15.3 Å². The van der Waals surface area contributed by atoms with E-state index in [9.17, 15) is 10.2 Å². The number of anilines is 1. The molecule has 1 saturated heterocycles. The number of β-amino-alcohol motifs (C(OH)–C–C–N with tert-alkyl or cyclic N) is 1. The molecule has 0 saturated carbocycles. The summed E-state index contributed by atoms with van der Waals surface area (Å²) >= 11 is 0. The maximum atomic E-state index is 9.48. The predicted octanol–water partition coefficient (Wildman–Crippen LogP) is 2.85. The lowest BCUT2D eigenvalue weighted by Gasteiger charge is -2.25. The van der Waals surface area contributed by atoms with Gasteiger partial charge in [0, 0.05) is 23.4 Å². The number of benzene rings is 2. The second kappa shape index (κ2) is 8.21. The standard InChI is InChI=1S/C13H10N2O2.C7H15NO/c14-13-7-3-1-2-4-9(7)15-10-6-12(17)11(16)5-8(10)13;9-7-6-8-4-2-1-3-5-8/h1-6,16-17H,(H2,14,15);9H,1-7H2. The molecule has 26 heavy (non-hydrogen) atoms. The molecular weight excluding hydrogens is 330 g/mol. The normalized spacial score (nSPS) is 15.0. The van der Waals surface area contributed by atoms with Crippen LogP contribution < -0.4 is 5.73 Å². The second-order valence-electron chi connectivity index (χ2n) is 6.53. The van der Waals surface area contributed by atoms with Crippen molar-refractivity contribution >= 4 is 27.5 Å². The van der Waals surface area contributed by atoms with Crippen LogP contribution >= 0.6 is 0 Å². The van der Waals surface area contributed by atoms with Crippen LogP contribution in [0.4, 0.5) is 5.69 Å². The highest BCUT2D eigenvalue weighted by Crippen LogP contribution is 2.35. The van der Waals surface area contributed by atoms with E-state index in [4.69, 9.17) is 10.8 Å². The average molecular weight is 355 g/mol. The fraction of sp³-hybridized carbons (Fsp3) is 0.350. The third-order valence-electron chi connectivity index (χ3n) is 4.68. The third kappa shape index (κ3) is 3.98. The van der Waals surface area contributed by atoms with E-state index in [1.807, 2.05) is 24.3 Å². The van der Waals surface area contributed by atoms with Crippen LogP contribution in [-0.2, 0) is 0 Å². The second-order valence-corrected chi connectivity index (χ2v) is 6.53. The first-order chi connectivity index (χ1) is 12.6. The van der Waals surface area contributed by atoms with E-state index in [-0.39, 0.29) is 11.5 Å². The number of hydrogen-bond donors (Lipinski definition) is 4. The summed E-state index contributed by atoms with van der Waals surface area (Å²) in [5.74, 6) is -0.388. The number of nitrogens with zero attached hydrogens (tertiary/aromatic N) is 2. The summed E-state index contributed by atoms with van der Waals surface area (Å²) in [5.41, 5.74) is 7.93. The Morgan fingerprint density at radius 2 is 1.62 bits per heavy atom. The number of hydrogen-bond acceptors (Lipinski definition) is 6. The Bertz CT molecular complexity index is 889. The molecule has 6 heteroatoms. The molecule has 1 aliphatic heterocycles. The minimum absolute atomic E-state index is 0.193. The molecule has 0 bridgehead atoms. The molecule has 0 amide bonds. The molecule has 2 heterocycles. The molecule has 0 unspecified atom stereocenters. The molecule has 2 aromatic carbocycles. The first-order valence-corrected chi connectivity index (χ1v) is 8.93. The van der Waals surface area contributed by atoms with Crippen molar-refractivity contribution in [2.45, 2.75) is 19.3 Å². The van der Waals surface area contributed by atoms with Gasteiger partial charge in [-0.2, -0.15) is 0 Å². The van der Waals surface area contributed by atoms with Gasteiger partial charge in [0.15, 0.2) is 11.5 Å². The van der Waals surface area contributed by atoms with Crippen LogP contribution in [0.25, 0.3) is 21.8 Å². The smallest absolute Gasteiger partial charge is 0.159 e. The van der Waals surface area contributed by atoms with Crippen molar-refractivity contribution in [1.29, 1.82) is 0 Å². The Kier molecular flexibility index (Phi) is 5.75. The largest absolute Gasteiger partial charge is 0.504 e. The van der Waals surface area contributed by atoms with Crippen LogP contribution in [0.1, 0.15) is 19.3 Å². The lowest BCUT2D eigenvalue weighted by Crippen LogP contribution is -2.31. The molecule has 1 aliphatic rings. The van der Waals surface area contributed by atoms with Crippen molar-refractivity contribution in [2.24, 2.45) is 0 Å². The number of aromatic hydroxyl groups is 2. The quantitative estimate of drug-likeness (QED) is 0.416. The van der Waals surface area contributed by atoms with Crippen LogP contribution in [0.3, 0.4) is 0 Å². The summed E-state index contributed by atoms with van der Waals surface area (Å²) in [4.78, 5) is 6.71. The first kappa shape index (κ1) is 18.2. The number of rotatable bonds is 2. The Morgan fingerprint density at radius 3 is 2.35 bits per heavy atom. The predicted molar refractivity (Wildman–Crippen MR) is 104 cm³/mol. The summed E-state index contributed by atoms with van der Waals surface area (Å²) < 4.78 is 0. The van der Waals surface area contributed by atoms with E-state index >= 15 is 0 Å². The highest BCUT2D eigenvalue weighted by Gasteiger charge is 2.09. The van der Waals surface area contributed by atoms with E-state index in [0.29, 0.717) is 23.2 Å². The van der Waals surface area contributed by atoms with Gasteiger partial charge in [0.2, 0.25) is 0 Å². The minimum atomic E-state index is -0.195. The molecule has 1 aromatic heterocycles. The van der Waals surface area contributed by atoms with E-state index in [1.54, 1.807) is 0 Å². The molecule has 1 fully saturated rings.